The minimum absolute atomic E-state index is 0.309. The lowest BCUT2D eigenvalue weighted by atomic mass is 10.1. The van der Waals surface area contributed by atoms with E-state index in [0.717, 1.165) is 6.54 Å². The van der Waals surface area contributed by atoms with Gasteiger partial charge in [-0.1, -0.05) is 115 Å². The topological polar surface area (TPSA) is 12.0 Å². The first-order valence-corrected chi connectivity index (χ1v) is 11.4. The van der Waals surface area contributed by atoms with Crippen molar-refractivity contribution < 1.29 is 0 Å². The molecule has 144 valence electrons. The van der Waals surface area contributed by atoms with Crippen molar-refractivity contribution in [3.63, 3.8) is 0 Å². The quantitative estimate of drug-likeness (QED) is 0.419. The summed E-state index contributed by atoms with van der Waals surface area (Å²) >= 11 is 0. The molecule has 4 rings (SSSR count). The summed E-state index contributed by atoms with van der Waals surface area (Å²) in [6, 6.07) is 41.6. The van der Waals surface area contributed by atoms with Crippen molar-refractivity contribution in [2.45, 2.75) is 19.5 Å². The van der Waals surface area contributed by atoms with E-state index in [9.17, 15) is 0 Å². The summed E-state index contributed by atoms with van der Waals surface area (Å²) in [5.41, 5.74) is 2.69. The van der Waals surface area contributed by atoms with E-state index >= 15 is 0 Å². The van der Waals surface area contributed by atoms with Gasteiger partial charge in [-0.25, -0.2) is 0 Å². The van der Waals surface area contributed by atoms with Crippen LogP contribution in [-0.4, -0.2) is 0 Å². The van der Waals surface area contributed by atoms with Gasteiger partial charge >= 0.3 is 0 Å². The van der Waals surface area contributed by atoms with E-state index in [2.05, 4.69) is 128 Å². The molecule has 0 unspecified atom stereocenters. The molecule has 2 heteroatoms. The standard InChI is InChI=1S/C27H26NP/c1-22(23-13-5-2-6-14-23)28-21-24-15-11-12-20-27(24)29(25-16-7-3-8-17-25)26-18-9-4-10-19-26/h2-20,22,28H,21H2,1H3/t22-/m1/s1. The zero-order valence-corrected chi connectivity index (χ0v) is 17.6. The molecule has 0 aliphatic carbocycles. The van der Waals surface area contributed by atoms with Gasteiger partial charge in [0.25, 0.3) is 0 Å². The number of benzene rings is 4. The molecule has 0 saturated carbocycles. The molecule has 1 atom stereocenters. The van der Waals surface area contributed by atoms with Crippen LogP contribution in [0.5, 0.6) is 0 Å². The third-order valence-electron chi connectivity index (χ3n) is 5.16. The minimum atomic E-state index is -0.592. The third-order valence-corrected chi connectivity index (χ3v) is 7.71. The molecule has 0 aromatic heterocycles. The van der Waals surface area contributed by atoms with Gasteiger partial charge in [-0.15, -0.1) is 0 Å². The molecule has 0 heterocycles. The Balaban J connectivity index is 1.66. The second-order valence-corrected chi connectivity index (χ2v) is 9.33. The largest absolute Gasteiger partial charge is 0.306 e. The average molecular weight is 395 g/mol. The number of hydrogen-bond donors (Lipinski definition) is 1. The first kappa shape index (κ1) is 19.6. The Morgan fingerprint density at radius 1 is 0.621 bits per heavy atom. The molecule has 4 aromatic rings. The van der Waals surface area contributed by atoms with Gasteiger partial charge in [0.15, 0.2) is 0 Å². The summed E-state index contributed by atoms with van der Waals surface area (Å²) in [5, 5.41) is 7.92. The van der Waals surface area contributed by atoms with Gasteiger partial charge in [0, 0.05) is 12.6 Å². The zero-order chi connectivity index (χ0) is 19.9. The van der Waals surface area contributed by atoms with Crippen molar-refractivity contribution in [2.24, 2.45) is 0 Å². The summed E-state index contributed by atoms with van der Waals surface area (Å²) < 4.78 is 0. The van der Waals surface area contributed by atoms with Crippen LogP contribution < -0.4 is 21.2 Å². The summed E-state index contributed by atoms with van der Waals surface area (Å²) in [6.07, 6.45) is 0. The Kier molecular flexibility index (Phi) is 6.52. The van der Waals surface area contributed by atoms with Crippen molar-refractivity contribution in [3.05, 3.63) is 126 Å². The summed E-state index contributed by atoms with van der Waals surface area (Å²) in [6.45, 7) is 3.08. The summed E-state index contributed by atoms with van der Waals surface area (Å²) in [5.74, 6) is 0. The fraction of sp³-hybridized carbons (Fsp3) is 0.111. The van der Waals surface area contributed by atoms with Crippen LogP contribution in [0.2, 0.25) is 0 Å². The lowest BCUT2D eigenvalue weighted by Crippen LogP contribution is -2.27. The predicted molar refractivity (Wildman–Crippen MR) is 127 cm³/mol. The fourth-order valence-electron chi connectivity index (χ4n) is 3.58. The highest BCUT2D eigenvalue weighted by Gasteiger charge is 2.19. The van der Waals surface area contributed by atoms with Crippen molar-refractivity contribution >= 4 is 23.8 Å². The maximum absolute atomic E-state index is 3.72. The van der Waals surface area contributed by atoms with Crippen molar-refractivity contribution in [3.8, 4) is 0 Å². The molecule has 0 amide bonds. The molecule has 0 fully saturated rings. The lowest BCUT2D eigenvalue weighted by molar-refractivity contribution is 0.576. The molecule has 0 bridgehead atoms. The van der Waals surface area contributed by atoms with E-state index < -0.39 is 7.92 Å². The highest BCUT2D eigenvalue weighted by Crippen LogP contribution is 2.34. The SMILES string of the molecule is C[C@@H](NCc1ccccc1P(c1ccccc1)c1ccccc1)c1ccccc1. The first-order valence-electron chi connectivity index (χ1n) is 10.1. The van der Waals surface area contributed by atoms with Gasteiger partial charge in [-0.2, -0.15) is 0 Å². The molecule has 0 aliphatic rings. The van der Waals surface area contributed by atoms with Crippen molar-refractivity contribution in [1.29, 1.82) is 0 Å². The van der Waals surface area contributed by atoms with Crippen LogP contribution in [0.1, 0.15) is 24.1 Å². The smallest absolute Gasteiger partial charge is 0.0294 e. The fourth-order valence-corrected chi connectivity index (χ4v) is 6.05. The van der Waals surface area contributed by atoms with Gasteiger partial charge < -0.3 is 5.32 Å². The number of hydrogen-bond acceptors (Lipinski definition) is 1. The minimum Gasteiger partial charge on any atom is -0.306 e. The second kappa shape index (κ2) is 9.65. The molecule has 0 saturated heterocycles. The van der Waals surface area contributed by atoms with Gasteiger partial charge in [-0.3, -0.25) is 0 Å². The average Bonchev–Trinajstić information content (AvgIpc) is 2.80. The maximum atomic E-state index is 3.72. The maximum Gasteiger partial charge on any atom is 0.0294 e. The molecule has 0 spiro atoms. The first-order chi connectivity index (χ1) is 14.3. The molecular formula is C27H26NP. The van der Waals surface area contributed by atoms with Crippen LogP contribution in [0, 0.1) is 0 Å². The summed E-state index contributed by atoms with van der Waals surface area (Å²) in [7, 11) is -0.592. The van der Waals surface area contributed by atoms with Crippen LogP contribution in [-0.2, 0) is 6.54 Å². The zero-order valence-electron chi connectivity index (χ0n) is 16.7. The van der Waals surface area contributed by atoms with E-state index in [4.69, 9.17) is 0 Å². The predicted octanol–water partition coefficient (Wildman–Crippen LogP) is 5.30. The van der Waals surface area contributed by atoms with Gasteiger partial charge in [-0.05, 0) is 41.9 Å². The van der Waals surface area contributed by atoms with Gasteiger partial charge in [0.2, 0.25) is 0 Å². The Morgan fingerprint density at radius 2 is 1.10 bits per heavy atom. The highest BCUT2D eigenvalue weighted by molar-refractivity contribution is 7.79. The molecule has 29 heavy (non-hydrogen) atoms. The van der Waals surface area contributed by atoms with Gasteiger partial charge in [0.1, 0.15) is 0 Å². The Hall–Kier alpha value is -2.73. The molecule has 4 aromatic carbocycles. The van der Waals surface area contributed by atoms with Crippen LogP contribution in [0.25, 0.3) is 0 Å². The molecule has 0 aliphatic heterocycles. The van der Waals surface area contributed by atoms with Crippen molar-refractivity contribution in [1.82, 2.24) is 5.32 Å². The van der Waals surface area contributed by atoms with E-state index in [1.54, 1.807) is 0 Å². The second-order valence-electron chi connectivity index (χ2n) is 7.15. The molecular weight excluding hydrogens is 369 g/mol. The highest BCUT2D eigenvalue weighted by atomic mass is 31.1. The molecule has 0 radical (unpaired) electrons. The summed E-state index contributed by atoms with van der Waals surface area (Å²) in [4.78, 5) is 0. The normalized spacial score (nSPS) is 12.1. The Morgan fingerprint density at radius 3 is 1.69 bits per heavy atom. The van der Waals surface area contributed by atoms with E-state index in [1.807, 2.05) is 0 Å². The van der Waals surface area contributed by atoms with Crippen LogP contribution in [0.4, 0.5) is 0 Å². The Bertz CT molecular complexity index is 976. The van der Waals surface area contributed by atoms with E-state index in [1.165, 1.54) is 27.0 Å². The van der Waals surface area contributed by atoms with E-state index in [0.29, 0.717) is 6.04 Å². The molecule has 1 N–H and O–H groups in total. The lowest BCUT2D eigenvalue weighted by Gasteiger charge is -2.23. The van der Waals surface area contributed by atoms with Crippen LogP contribution >= 0.6 is 7.92 Å². The number of nitrogens with one attached hydrogen (secondary N) is 1. The Labute approximate surface area is 175 Å². The van der Waals surface area contributed by atoms with Crippen LogP contribution in [0.15, 0.2) is 115 Å². The van der Waals surface area contributed by atoms with Crippen molar-refractivity contribution in [2.75, 3.05) is 0 Å². The van der Waals surface area contributed by atoms with Crippen LogP contribution in [0.3, 0.4) is 0 Å². The molecule has 1 nitrogen and oxygen atoms in total. The number of rotatable bonds is 7. The van der Waals surface area contributed by atoms with E-state index in [-0.39, 0.29) is 0 Å². The van der Waals surface area contributed by atoms with Gasteiger partial charge in [0.05, 0.1) is 0 Å². The monoisotopic (exact) mass is 395 g/mol. The third kappa shape index (κ3) is 4.82.